The summed E-state index contributed by atoms with van der Waals surface area (Å²) >= 11 is 0. The minimum atomic E-state index is -0.725. The molecule has 1 rings (SSSR count). The van der Waals surface area contributed by atoms with Crippen LogP contribution in [0, 0.1) is 18.7 Å². The number of aryl methyl sites for hydroxylation is 1. The average Bonchev–Trinajstić information content (AvgIpc) is 2.62. The Labute approximate surface area is 187 Å². The maximum atomic E-state index is 12.1. The van der Waals surface area contributed by atoms with Gasteiger partial charge in [-0.2, -0.15) is 0 Å². The van der Waals surface area contributed by atoms with Crippen LogP contribution < -0.4 is 5.73 Å². The molecule has 1 amide bonds. The number of amides is 1. The van der Waals surface area contributed by atoms with Crippen molar-refractivity contribution in [2.24, 2.45) is 11.7 Å². The van der Waals surface area contributed by atoms with Crippen LogP contribution in [0.25, 0.3) is 0 Å². The number of benzene rings is 1. The number of primary amides is 1. The molecule has 0 spiro atoms. The van der Waals surface area contributed by atoms with Crippen LogP contribution in [0.5, 0.6) is 0 Å². The lowest BCUT2D eigenvalue weighted by molar-refractivity contribution is -0.148. The molecule has 0 aliphatic carbocycles. The van der Waals surface area contributed by atoms with Gasteiger partial charge in [-0.05, 0) is 59.1 Å². The Morgan fingerprint density at radius 2 is 1.55 bits per heavy atom. The first kappa shape index (κ1) is 31.0. The Balaban J connectivity index is 0. The molecule has 0 aliphatic heterocycles. The minimum absolute atomic E-state index is 0.0310. The zero-order valence-corrected chi connectivity index (χ0v) is 20.5. The van der Waals surface area contributed by atoms with Gasteiger partial charge in [-0.3, -0.25) is 4.79 Å². The van der Waals surface area contributed by atoms with Crippen LogP contribution in [-0.4, -0.2) is 37.0 Å². The van der Waals surface area contributed by atoms with Gasteiger partial charge in [0.15, 0.2) is 0 Å². The Hall–Kier alpha value is -2.15. The quantitative estimate of drug-likeness (QED) is 0.405. The van der Waals surface area contributed by atoms with Crippen LogP contribution >= 0.6 is 0 Å². The summed E-state index contributed by atoms with van der Waals surface area (Å²) in [6.45, 7) is 16.7. The first-order valence-corrected chi connectivity index (χ1v) is 10.7. The Kier molecular flexibility index (Phi) is 17.5. The molecule has 0 radical (unpaired) electrons. The number of carbonyl (C=O) groups excluding carboxylic acids is 2. The van der Waals surface area contributed by atoms with Crippen LogP contribution in [0.2, 0.25) is 0 Å². The zero-order chi connectivity index (χ0) is 24.4. The fourth-order valence-corrected chi connectivity index (χ4v) is 1.87. The number of rotatable bonds is 8. The van der Waals surface area contributed by atoms with Crippen molar-refractivity contribution in [3.8, 4) is 0 Å². The number of hydrogen-bond acceptors (Lipinski definition) is 5. The normalized spacial score (nSPS) is 11.4. The van der Waals surface area contributed by atoms with E-state index in [-0.39, 0.29) is 17.9 Å². The molecule has 2 N–H and O–H groups in total. The van der Waals surface area contributed by atoms with Crippen molar-refractivity contribution in [3.05, 3.63) is 35.6 Å². The number of ether oxygens (including phenoxy) is 3. The zero-order valence-electron chi connectivity index (χ0n) is 20.5. The van der Waals surface area contributed by atoms with Crippen LogP contribution in [-0.2, 0) is 19.0 Å². The summed E-state index contributed by atoms with van der Waals surface area (Å²) in [6.07, 6.45) is 1.56. The van der Waals surface area contributed by atoms with Crippen LogP contribution in [0.3, 0.4) is 0 Å². The summed E-state index contributed by atoms with van der Waals surface area (Å²) < 4.78 is 27.2. The SMILES string of the molecule is CC(C)(C)OC(N)=O.CCC(=O)O[C@@H](C)CCOCCC(C)C.Cc1ccc(F)cc1. The largest absolute Gasteiger partial charge is 0.463 e. The van der Waals surface area contributed by atoms with Crippen molar-refractivity contribution < 1.29 is 28.2 Å². The molecule has 0 fully saturated rings. The van der Waals surface area contributed by atoms with Gasteiger partial charge in [-0.1, -0.05) is 38.5 Å². The molecule has 180 valence electrons. The van der Waals surface area contributed by atoms with Crippen molar-refractivity contribution >= 4 is 12.1 Å². The van der Waals surface area contributed by atoms with Gasteiger partial charge >= 0.3 is 12.1 Å². The van der Waals surface area contributed by atoms with Gasteiger partial charge in [0.05, 0.1) is 6.61 Å². The van der Waals surface area contributed by atoms with Gasteiger partial charge in [0.2, 0.25) is 0 Å². The lowest BCUT2D eigenvalue weighted by atomic mass is 10.1. The second kappa shape index (κ2) is 17.5. The fraction of sp³-hybridized carbons (Fsp3) is 0.667. The number of esters is 1. The lowest BCUT2D eigenvalue weighted by Gasteiger charge is -2.16. The summed E-state index contributed by atoms with van der Waals surface area (Å²) in [5.41, 5.74) is 5.35. The van der Waals surface area contributed by atoms with E-state index >= 15 is 0 Å². The van der Waals surface area contributed by atoms with Crippen molar-refractivity contribution in [3.63, 3.8) is 0 Å². The van der Waals surface area contributed by atoms with Gasteiger partial charge in [0.1, 0.15) is 17.5 Å². The van der Waals surface area contributed by atoms with E-state index in [0.717, 1.165) is 25.0 Å². The Bertz CT molecular complexity index is 576. The third kappa shape index (κ3) is 25.8. The Morgan fingerprint density at radius 3 is 1.90 bits per heavy atom. The summed E-state index contributed by atoms with van der Waals surface area (Å²) in [5, 5.41) is 0. The molecule has 0 unspecified atom stereocenters. The number of hydrogen-bond donors (Lipinski definition) is 1. The topological polar surface area (TPSA) is 87.9 Å². The van der Waals surface area contributed by atoms with Gasteiger partial charge in [0.25, 0.3) is 0 Å². The standard InChI is InChI=1S/C12H24O3.C7H7F.C5H11NO2/c1-5-12(13)15-11(4)7-9-14-8-6-10(2)3;1-6-2-4-7(8)5-3-6;1-5(2,3)8-4(6)7/h10-11H,5-9H2,1-4H3;2-5H,1H3;1-3H3,(H2,6,7)/t11-;;/m0../s1. The number of carbonyl (C=O) groups is 2. The molecule has 0 bridgehead atoms. The molecule has 1 aromatic carbocycles. The third-order valence-corrected chi connectivity index (χ3v) is 3.55. The van der Waals surface area contributed by atoms with Gasteiger partial charge < -0.3 is 19.9 Å². The molecule has 1 atom stereocenters. The van der Waals surface area contributed by atoms with Crippen molar-refractivity contribution in [1.29, 1.82) is 0 Å². The van der Waals surface area contributed by atoms with Crippen LogP contribution in [0.4, 0.5) is 9.18 Å². The molecule has 7 heteroatoms. The molecule has 0 aliphatic rings. The van der Waals surface area contributed by atoms with Crippen molar-refractivity contribution in [1.82, 2.24) is 0 Å². The smallest absolute Gasteiger partial charge is 0.405 e. The van der Waals surface area contributed by atoms with E-state index in [4.69, 9.17) is 15.2 Å². The highest BCUT2D eigenvalue weighted by Crippen LogP contribution is 2.05. The van der Waals surface area contributed by atoms with E-state index in [9.17, 15) is 14.0 Å². The predicted molar refractivity (Wildman–Crippen MR) is 122 cm³/mol. The van der Waals surface area contributed by atoms with E-state index in [2.05, 4.69) is 18.6 Å². The Morgan fingerprint density at radius 1 is 1.03 bits per heavy atom. The van der Waals surface area contributed by atoms with E-state index in [1.54, 1.807) is 39.8 Å². The molecule has 0 saturated heterocycles. The monoisotopic (exact) mass is 443 g/mol. The van der Waals surface area contributed by atoms with E-state index in [1.165, 1.54) is 12.1 Å². The molecule has 31 heavy (non-hydrogen) atoms. The second-order valence-corrected chi connectivity index (χ2v) is 8.57. The molecule has 0 heterocycles. The fourth-order valence-electron chi connectivity index (χ4n) is 1.87. The maximum absolute atomic E-state index is 12.1. The molecular weight excluding hydrogens is 401 g/mol. The minimum Gasteiger partial charge on any atom is -0.463 e. The number of nitrogens with two attached hydrogens (primary N) is 1. The summed E-state index contributed by atoms with van der Waals surface area (Å²) in [6, 6.07) is 6.40. The summed E-state index contributed by atoms with van der Waals surface area (Å²) in [5.74, 6) is 0.376. The maximum Gasteiger partial charge on any atom is 0.405 e. The van der Waals surface area contributed by atoms with Crippen LogP contribution in [0.1, 0.15) is 73.3 Å². The average molecular weight is 444 g/mol. The van der Waals surface area contributed by atoms with E-state index < -0.39 is 11.7 Å². The first-order chi connectivity index (χ1) is 14.3. The van der Waals surface area contributed by atoms with E-state index in [0.29, 0.717) is 18.9 Å². The first-order valence-electron chi connectivity index (χ1n) is 10.7. The lowest BCUT2D eigenvalue weighted by Crippen LogP contribution is -2.27. The van der Waals surface area contributed by atoms with Crippen LogP contribution in [0.15, 0.2) is 24.3 Å². The highest BCUT2D eigenvalue weighted by molar-refractivity contribution is 5.69. The molecular formula is C24H42FNO5. The second-order valence-electron chi connectivity index (χ2n) is 8.57. The van der Waals surface area contributed by atoms with Gasteiger partial charge in [0, 0.05) is 19.4 Å². The van der Waals surface area contributed by atoms with Crippen molar-refractivity contribution in [2.75, 3.05) is 13.2 Å². The highest BCUT2D eigenvalue weighted by atomic mass is 19.1. The van der Waals surface area contributed by atoms with Gasteiger partial charge in [-0.15, -0.1) is 0 Å². The van der Waals surface area contributed by atoms with Gasteiger partial charge in [-0.25, -0.2) is 9.18 Å². The molecule has 6 nitrogen and oxygen atoms in total. The van der Waals surface area contributed by atoms with E-state index in [1.807, 2.05) is 13.8 Å². The predicted octanol–water partition coefficient (Wildman–Crippen LogP) is 5.80. The number of halogens is 1. The van der Waals surface area contributed by atoms with Crippen molar-refractivity contribution in [2.45, 2.75) is 86.4 Å². The molecule has 0 aromatic heterocycles. The molecule has 0 saturated carbocycles. The summed E-state index contributed by atoms with van der Waals surface area (Å²) in [4.78, 5) is 21.0. The molecule has 1 aromatic rings. The summed E-state index contributed by atoms with van der Waals surface area (Å²) in [7, 11) is 0. The highest BCUT2D eigenvalue weighted by Gasteiger charge is 2.12. The third-order valence-electron chi connectivity index (χ3n) is 3.55.